The number of piperidine rings is 1. The molecule has 0 spiro atoms. The van der Waals surface area contributed by atoms with Gasteiger partial charge in [-0.3, -0.25) is 9.69 Å². The van der Waals surface area contributed by atoms with E-state index in [1.54, 1.807) is 12.1 Å². The molecule has 0 saturated carbocycles. The quantitative estimate of drug-likeness (QED) is 0.870. The minimum Gasteiger partial charge on any atom is -0.322 e. The second-order valence-electron chi connectivity index (χ2n) is 5.76. The number of rotatable bonds is 4. The van der Waals surface area contributed by atoms with Gasteiger partial charge in [0, 0.05) is 23.1 Å². The van der Waals surface area contributed by atoms with E-state index >= 15 is 0 Å². The molecule has 2 N–H and O–H groups in total. The highest BCUT2D eigenvalue weighted by atomic mass is 79.9. The zero-order valence-corrected chi connectivity index (χ0v) is 14.0. The predicted molar refractivity (Wildman–Crippen MR) is 85.9 cm³/mol. The molecule has 1 saturated heterocycles. The van der Waals surface area contributed by atoms with Gasteiger partial charge in [0.05, 0.1) is 12.2 Å². The number of nitrogens with zero attached hydrogens (tertiary/aromatic N) is 1. The molecule has 0 radical (unpaired) electrons. The number of anilines is 1. The number of halogens is 2. The number of carbonyl (C=O) groups excluding carboxylic acids is 1. The maximum atomic E-state index is 13.7. The van der Waals surface area contributed by atoms with Crippen LogP contribution in [-0.2, 0) is 4.79 Å². The fourth-order valence-corrected chi connectivity index (χ4v) is 2.77. The Labute approximate surface area is 133 Å². The van der Waals surface area contributed by atoms with E-state index in [1.807, 2.05) is 7.05 Å². The Kier molecular flexibility index (Phi) is 5.35. The molecule has 1 aromatic rings. The second kappa shape index (κ2) is 6.85. The van der Waals surface area contributed by atoms with Gasteiger partial charge in [-0.25, -0.2) is 4.39 Å². The molecule has 116 valence electrons. The van der Waals surface area contributed by atoms with Crippen LogP contribution >= 0.6 is 15.9 Å². The molecular weight excluding hydrogens is 337 g/mol. The Balaban J connectivity index is 1.85. The molecule has 4 nitrogen and oxygen atoms in total. The monoisotopic (exact) mass is 357 g/mol. The van der Waals surface area contributed by atoms with E-state index < -0.39 is 5.82 Å². The van der Waals surface area contributed by atoms with Crippen molar-refractivity contribution in [1.82, 2.24) is 10.2 Å². The summed E-state index contributed by atoms with van der Waals surface area (Å²) in [6, 6.07) is 4.61. The van der Waals surface area contributed by atoms with Crippen molar-refractivity contribution in [3.63, 3.8) is 0 Å². The van der Waals surface area contributed by atoms with Crippen LogP contribution < -0.4 is 10.6 Å². The first-order chi connectivity index (χ1) is 9.92. The average Bonchev–Trinajstić information content (AvgIpc) is 2.45. The highest BCUT2D eigenvalue weighted by Crippen LogP contribution is 2.22. The van der Waals surface area contributed by atoms with Gasteiger partial charge in [0.25, 0.3) is 0 Å². The van der Waals surface area contributed by atoms with Crippen molar-refractivity contribution < 1.29 is 9.18 Å². The SMILES string of the molecule is CNC1(C)CCN(CC(=O)Nc2ccc(Br)cc2F)CC1. The third-order valence-electron chi connectivity index (χ3n) is 4.14. The number of hydrogen-bond acceptors (Lipinski definition) is 3. The molecule has 0 aliphatic carbocycles. The maximum Gasteiger partial charge on any atom is 0.238 e. The molecule has 2 rings (SSSR count). The Morgan fingerprint density at radius 2 is 2.10 bits per heavy atom. The molecule has 1 aliphatic rings. The minimum atomic E-state index is -0.431. The van der Waals surface area contributed by atoms with E-state index in [1.165, 1.54) is 6.07 Å². The zero-order chi connectivity index (χ0) is 15.5. The van der Waals surface area contributed by atoms with Crippen molar-refractivity contribution in [2.45, 2.75) is 25.3 Å². The Morgan fingerprint density at radius 3 is 2.67 bits per heavy atom. The molecule has 1 fully saturated rings. The summed E-state index contributed by atoms with van der Waals surface area (Å²) >= 11 is 3.19. The highest BCUT2D eigenvalue weighted by molar-refractivity contribution is 9.10. The molecule has 0 bridgehead atoms. The topological polar surface area (TPSA) is 44.4 Å². The van der Waals surface area contributed by atoms with E-state index in [4.69, 9.17) is 0 Å². The van der Waals surface area contributed by atoms with Crippen LogP contribution in [0.25, 0.3) is 0 Å². The van der Waals surface area contributed by atoms with Gasteiger partial charge in [0.1, 0.15) is 5.82 Å². The van der Waals surface area contributed by atoms with E-state index in [0.29, 0.717) is 11.0 Å². The summed E-state index contributed by atoms with van der Waals surface area (Å²) in [4.78, 5) is 14.1. The Hall–Kier alpha value is -0.980. The van der Waals surface area contributed by atoms with Gasteiger partial charge >= 0.3 is 0 Å². The van der Waals surface area contributed by atoms with Crippen LogP contribution in [0.3, 0.4) is 0 Å². The van der Waals surface area contributed by atoms with Gasteiger partial charge in [-0.1, -0.05) is 15.9 Å². The van der Waals surface area contributed by atoms with Crippen LogP contribution in [0.5, 0.6) is 0 Å². The molecule has 21 heavy (non-hydrogen) atoms. The predicted octanol–water partition coefficient (Wildman–Crippen LogP) is 2.60. The third kappa shape index (κ3) is 4.49. The number of amides is 1. The molecule has 0 atom stereocenters. The summed E-state index contributed by atoms with van der Waals surface area (Å²) in [6.07, 6.45) is 2.01. The lowest BCUT2D eigenvalue weighted by Gasteiger charge is -2.39. The minimum absolute atomic E-state index is 0.158. The van der Waals surface area contributed by atoms with Gasteiger partial charge in [-0.2, -0.15) is 0 Å². The normalized spacial score (nSPS) is 18.5. The maximum absolute atomic E-state index is 13.7. The lowest BCUT2D eigenvalue weighted by atomic mass is 9.90. The van der Waals surface area contributed by atoms with Gasteiger partial charge in [-0.15, -0.1) is 0 Å². The van der Waals surface area contributed by atoms with Crippen LogP contribution in [-0.4, -0.2) is 43.0 Å². The molecule has 1 aliphatic heterocycles. The molecular formula is C15H21BrFN3O. The van der Waals surface area contributed by atoms with Crippen molar-refractivity contribution in [3.05, 3.63) is 28.5 Å². The zero-order valence-electron chi connectivity index (χ0n) is 12.4. The Morgan fingerprint density at radius 1 is 1.43 bits per heavy atom. The summed E-state index contributed by atoms with van der Waals surface area (Å²) in [6.45, 7) is 4.23. The fraction of sp³-hybridized carbons (Fsp3) is 0.533. The molecule has 0 aromatic heterocycles. The van der Waals surface area contributed by atoms with Gasteiger partial charge in [-0.05, 0) is 45.0 Å². The smallest absolute Gasteiger partial charge is 0.238 e. The average molecular weight is 358 g/mol. The van der Waals surface area contributed by atoms with Crippen molar-refractivity contribution in [1.29, 1.82) is 0 Å². The van der Waals surface area contributed by atoms with E-state index in [-0.39, 0.29) is 17.1 Å². The van der Waals surface area contributed by atoms with Crippen molar-refractivity contribution in [2.24, 2.45) is 0 Å². The van der Waals surface area contributed by atoms with Crippen molar-refractivity contribution in [2.75, 3.05) is 32.0 Å². The first-order valence-electron chi connectivity index (χ1n) is 7.08. The highest BCUT2D eigenvalue weighted by Gasteiger charge is 2.28. The van der Waals surface area contributed by atoms with E-state index in [2.05, 4.69) is 38.4 Å². The Bertz CT molecular complexity index is 516. The number of likely N-dealkylation sites (tertiary alicyclic amines) is 1. The van der Waals surface area contributed by atoms with E-state index in [9.17, 15) is 9.18 Å². The lowest BCUT2D eigenvalue weighted by molar-refractivity contribution is -0.117. The third-order valence-corrected chi connectivity index (χ3v) is 4.63. The summed E-state index contributed by atoms with van der Waals surface area (Å²) in [5.74, 6) is -0.608. The fourth-order valence-electron chi connectivity index (χ4n) is 2.44. The van der Waals surface area contributed by atoms with Crippen molar-refractivity contribution in [3.8, 4) is 0 Å². The summed E-state index contributed by atoms with van der Waals surface area (Å²) in [7, 11) is 1.97. The largest absolute Gasteiger partial charge is 0.322 e. The summed E-state index contributed by atoms with van der Waals surface area (Å²) < 4.78 is 14.3. The molecule has 1 amide bonds. The van der Waals surface area contributed by atoms with E-state index in [0.717, 1.165) is 25.9 Å². The van der Waals surface area contributed by atoms with Gasteiger partial charge < -0.3 is 10.6 Å². The van der Waals surface area contributed by atoms with Gasteiger partial charge in [0.2, 0.25) is 5.91 Å². The molecule has 1 heterocycles. The second-order valence-corrected chi connectivity index (χ2v) is 6.67. The number of nitrogens with one attached hydrogen (secondary N) is 2. The van der Waals surface area contributed by atoms with Crippen LogP contribution in [0.2, 0.25) is 0 Å². The molecule has 0 unspecified atom stereocenters. The van der Waals surface area contributed by atoms with Crippen LogP contribution in [0.1, 0.15) is 19.8 Å². The van der Waals surface area contributed by atoms with Crippen LogP contribution in [0.4, 0.5) is 10.1 Å². The molecule has 1 aromatic carbocycles. The summed E-state index contributed by atoms with van der Waals surface area (Å²) in [5.41, 5.74) is 0.380. The van der Waals surface area contributed by atoms with Crippen LogP contribution in [0, 0.1) is 5.82 Å². The molecule has 6 heteroatoms. The number of benzene rings is 1. The van der Waals surface area contributed by atoms with Crippen LogP contribution in [0.15, 0.2) is 22.7 Å². The standard InChI is InChI=1S/C15H21BrFN3O/c1-15(18-2)5-7-20(8-6-15)10-14(21)19-13-4-3-11(16)9-12(13)17/h3-4,9,18H,5-8,10H2,1-2H3,(H,19,21). The first kappa shape index (κ1) is 16.4. The number of hydrogen-bond donors (Lipinski definition) is 2. The summed E-state index contributed by atoms with van der Waals surface area (Å²) in [5, 5.41) is 5.95. The first-order valence-corrected chi connectivity index (χ1v) is 7.87. The lowest BCUT2D eigenvalue weighted by Crippen LogP contribution is -2.51. The van der Waals surface area contributed by atoms with Gasteiger partial charge in [0.15, 0.2) is 0 Å². The number of carbonyl (C=O) groups is 1. The van der Waals surface area contributed by atoms with Crippen molar-refractivity contribution >= 4 is 27.5 Å².